The topological polar surface area (TPSA) is 26.3 Å². The van der Waals surface area contributed by atoms with Crippen molar-refractivity contribution >= 4 is 33.0 Å². The van der Waals surface area contributed by atoms with E-state index < -0.39 is 0 Å². The highest BCUT2D eigenvalue weighted by molar-refractivity contribution is 9.10. The van der Waals surface area contributed by atoms with Crippen molar-refractivity contribution in [2.24, 2.45) is 0 Å². The monoisotopic (exact) mass is 310 g/mol. The van der Waals surface area contributed by atoms with Crippen LogP contribution >= 0.6 is 27.3 Å². The molecule has 0 aliphatic rings. The number of hydrogen-bond acceptors (Lipinski definition) is 3. The van der Waals surface area contributed by atoms with Crippen molar-refractivity contribution in [3.8, 4) is 5.75 Å². The standard InChI is InChI=1S/C13H11BrO2S/c1-9(15)10-3-2-4-12(5-10)16-7-13-6-11(14)8-17-13/h2-6,8H,7H2,1H3. The van der Waals surface area contributed by atoms with E-state index in [1.807, 2.05) is 23.6 Å². The SMILES string of the molecule is CC(=O)c1cccc(OCc2cc(Br)cs2)c1. The molecule has 1 aromatic heterocycles. The molecule has 0 bridgehead atoms. The van der Waals surface area contributed by atoms with Gasteiger partial charge in [-0.1, -0.05) is 12.1 Å². The van der Waals surface area contributed by atoms with Crippen LogP contribution in [0.25, 0.3) is 0 Å². The van der Waals surface area contributed by atoms with Crippen LogP contribution in [-0.4, -0.2) is 5.78 Å². The molecule has 1 heterocycles. The first-order chi connectivity index (χ1) is 8.15. The molecule has 0 atom stereocenters. The summed E-state index contributed by atoms with van der Waals surface area (Å²) in [6.07, 6.45) is 0. The van der Waals surface area contributed by atoms with Gasteiger partial charge in [0.25, 0.3) is 0 Å². The van der Waals surface area contributed by atoms with Crippen molar-refractivity contribution < 1.29 is 9.53 Å². The number of ether oxygens (including phenoxy) is 1. The first kappa shape index (κ1) is 12.3. The average Bonchev–Trinajstić information content (AvgIpc) is 2.73. The van der Waals surface area contributed by atoms with Crippen molar-refractivity contribution in [1.82, 2.24) is 0 Å². The molecule has 2 aromatic rings. The van der Waals surface area contributed by atoms with E-state index in [0.29, 0.717) is 12.2 Å². The van der Waals surface area contributed by atoms with Gasteiger partial charge in [0.2, 0.25) is 0 Å². The summed E-state index contributed by atoms with van der Waals surface area (Å²) in [5.41, 5.74) is 0.676. The fraction of sp³-hybridized carbons (Fsp3) is 0.154. The predicted octanol–water partition coefficient (Wildman–Crippen LogP) is 4.29. The number of halogens is 1. The van der Waals surface area contributed by atoms with Crippen LogP contribution in [-0.2, 0) is 6.61 Å². The van der Waals surface area contributed by atoms with Crippen LogP contribution in [0, 0.1) is 0 Å². The Hall–Kier alpha value is -1.13. The van der Waals surface area contributed by atoms with E-state index in [4.69, 9.17) is 4.74 Å². The van der Waals surface area contributed by atoms with Gasteiger partial charge in [0.1, 0.15) is 12.4 Å². The maximum Gasteiger partial charge on any atom is 0.159 e. The molecule has 0 saturated heterocycles. The summed E-state index contributed by atoms with van der Waals surface area (Å²) in [7, 11) is 0. The van der Waals surface area contributed by atoms with E-state index in [9.17, 15) is 4.79 Å². The number of ketones is 1. The lowest BCUT2D eigenvalue weighted by Gasteiger charge is -2.05. The molecular weight excluding hydrogens is 300 g/mol. The van der Waals surface area contributed by atoms with Crippen molar-refractivity contribution in [2.75, 3.05) is 0 Å². The summed E-state index contributed by atoms with van der Waals surface area (Å²) in [6, 6.07) is 9.27. The zero-order valence-corrected chi connectivity index (χ0v) is 11.7. The average molecular weight is 311 g/mol. The highest BCUT2D eigenvalue weighted by atomic mass is 79.9. The quantitative estimate of drug-likeness (QED) is 0.787. The molecule has 2 nitrogen and oxygen atoms in total. The zero-order valence-electron chi connectivity index (χ0n) is 9.27. The van der Waals surface area contributed by atoms with E-state index in [-0.39, 0.29) is 5.78 Å². The maximum absolute atomic E-state index is 11.2. The van der Waals surface area contributed by atoms with E-state index in [1.54, 1.807) is 30.4 Å². The first-order valence-electron chi connectivity index (χ1n) is 5.12. The van der Waals surface area contributed by atoms with E-state index in [1.165, 1.54) is 0 Å². The third-order valence-electron chi connectivity index (χ3n) is 2.24. The molecule has 2 rings (SSSR count). The second-order valence-corrected chi connectivity index (χ2v) is 5.52. The molecule has 0 fully saturated rings. The molecule has 0 unspecified atom stereocenters. The number of hydrogen-bond donors (Lipinski definition) is 0. The summed E-state index contributed by atoms with van der Waals surface area (Å²) in [5, 5.41) is 2.02. The Balaban J connectivity index is 2.04. The maximum atomic E-state index is 11.2. The predicted molar refractivity (Wildman–Crippen MR) is 72.8 cm³/mol. The normalized spacial score (nSPS) is 10.2. The summed E-state index contributed by atoms with van der Waals surface area (Å²) >= 11 is 5.04. The number of carbonyl (C=O) groups is 1. The van der Waals surface area contributed by atoms with Gasteiger partial charge in [-0.2, -0.15) is 0 Å². The number of benzene rings is 1. The molecule has 0 saturated carbocycles. The summed E-state index contributed by atoms with van der Waals surface area (Å²) < 4.78 is 6.70. The molecule has 0 radical (unpaired) electrons. The van der Waals surface area contributed by atoms with E-state index in [2.05, 4.69) is 15.9 Å². The first-order valence-corrected chi connectivity index (χ1v) is 6.79. The van der Waals surface area contributed by atoms with Crippen LogP contribution in [0.2, 0.25) is 0 Å². The fourth-order valence-corrected chi connectivity index (χ4v) is 2.75. The van der Waals surface area contributed by atoms with Crippen LogP contribution in [0.5, 0.6) is 5.75 Å². The van der Waals surface area contributed by atoms with Gasteiger partial charge < -0.3 is 4.74 Å². The highest BCUT2D eigenvalue weighted by Gasteiger charge is 2.02. The van der Waals surface area contributed by atoms with Crippen molar-refractivity contribution in [3.05, 3.63) is 50.6 Å². The third kappa shape index (κ3) is 3.41. The van der Waals surface area contributed by atoms with Gasteiger partial charge in [-0.15, -0.1) is 11.3 Å². The number of Topliss-reactive ketones (excluding diaryl/α,β-unsaturated/α-hetero) is 1. The Bertz CT molecular complexity index is 534. The second-order valence-electron chi connectivity index (χ2n) is 3.60. The van der Waals surface area contributed by atoms with Crippen LogP contribution < -0.4 is 4.74 Å². The molecule has 0 amide bonds. The summed E-state index contributed by atoms with van der Waals surface area (Å²) in [4.78, 5) is 12.4. The lowest BCUT2D eigenvalue weighted by Crippen LogP contribution is -1.96. The number of rotatable bonds is 4. The number of carbonyl (C=O) groups excluding carboxylic acids is 1. The van der Waals surface area contributed by atoms with Crippen LogP contribution in [0.15, 0.2) is 40.2 Å². The van der Waals surface area contributed by atoms with Gasteiger partial charge in [-0.05, 0) is 41.1 Å². The number of thiophene rings is 1. The zero-order chi connectivity index (χ0) is 12.3. The Labute approximate surface area is 112 Å². The van der Waals surface area contributed by atoms with Gasteiger partial charge in [0, 0.05) is 20.3 Å². The molecule has 17 heavy (non-hydrogen) atoms. The second kappa shape index (κ2) is 5.47. The van der Waals surface area contributed by atoms with Crippen molar-refractivity contribution in [1.29, 1.82) is 0 Å². The van der Waals surface area contributed by atoms with Gasteiger partial charge in [0.05, 0.1) is 0 Å². The Kier molecular flexibility index (Phi) is 3.97. The van der Waals surface area contributed by atoms with E-state index >= 15 is 0 Å². The lowest BCUT2D eigenvalue weighted by molar-refractivity contribution is 0.101. The van der Waals surface area contributed by atoms with Crippen molar-refractivity contribution in [2.45, 2.75) is 13.5 Å². The van der Waals surface area contributed by atoms with Crippen LogP contribution in [0.3, 0.4) is 0 Å². The van der Waals surface area contributed by atoms with Crippen molar-refractivity contribution in [3.63, 3.8) is 0 Å². The minimum atomic E-state index is 0.0503. The van der Waals surface area contributed by atoms with Gasteiger partial charge in [-0.3, -0.25) is 4.79 Å². The highest BCUT2D eigenvalue weighted by Crippen LogP contribution is 2.22. The lowest BCUT2D eigenvalue weighted by atomic mass is 10.1. The van der Waals surface area contributed by atoms with Crippen LogP contribution in [0.1, 0.15) is 22.2 Å². The summed E-state index contributed by atoms with van der Waals surface area (Å²) in [6.45, 7) is 2.08. The molecule has 0 spiro atoms. The fourth-order valence-electron chi connectivity index (χ4n) is 1.39. The summed E-state index contributed by atoms with van der Waals surface area (Å²) in [5.74, 6) is 0.775. The smallest absolute Gasteiger partial charge is 0.159 e. The molecule has 0 aliphatic heterocycles. The minimum Gasteiger partial charge on any atom is -0.488 e. The minimum absolute atomic E-state index is 0.0503. The van der Waals surface area contributed by atoms with Gasteiger partial charge in [-0.25, -0.2) is 0 Å². The van der Waals surface area contributed by atoms with Gasteiger partial charge in [0.15, 0.2) is 5.78 Å². The largest absolute Gasteiger partial charge is 0.488 e. The Morgan fingerprint density at radius 3 is 2.88 bits per heavy atom. The van der Waals surface area contributed by atoms with E-state index in [0.717, 1.165) is 15.1 Å². The molecule has 88 valence electrons. The third-order valence-corrected chi connectivity index (χ3v) is 3.91. The molecule has 0 N–H and O–H groups in total. The Morgan fingerprint density at radius 1 is 1.41 bits per heavy atom. The molecule has 4 heteroatoms. The van der Waals surface area contributed by atoms with Crippen LogP contribution in [0.4, 0.5) is 0 Å². The molecule has 1 aromatic carbocycles. The molecular formula is C13H11BrO2S. The van der Waals surface area contributed by atoms with Gasteiger partial charge >= 0.3 is 0 Å². The Morgan fingerprint density at radius 2 is 2.24 bits per heavy atom. The molecule has 0 aliphatic carbocycles.